The summed E-state index contributed by atoms with van der Waals surface area (Å²) < 4.78 is 1.10. The van der Waals surface area contributed by atoms with Gasteiger partial charge < -0.3 is 4.48 Å². The molecular weight excluding hydrogens is 146 g/mol. The van der Waals surface area contributed by atoms with E-state index in [1.165, 1.54) is 19.5 Å². The first-order valence-corrected chi connectivity index (χ1v) is 4.74. The van der Waals surface area contributed by atoms with E-state index in [-0.39, 0.29) is 0 Å². The van der Waals surface area contributed by atoms with Gasteiger partial charge in [0.15, 0.2) is 0 Å². The summed E-state index contributed by atoms with van der Waals surface area (Å²) in [5.74, 6) is 0. The first-order chi connectivity index (χ1) is 5.68. The lowest BCUT2D eigenvalue weighted by Crippen LogP contribution is -2.45. The summed E-state index contributed by atoms with van der Waals surface area (Å²) in [5, 5.41) is 0. The average molecular weight is 168 g/mol. The van der Waals surface area contributed by atoms with Gasteiger partial charge in [0.1, 0.15) is 0 Å². The molecule has 1 heteroatoms. The molecule has 0 fully saturated rings. The summed E-state index contributed by atoms with van der Waals surface area (Å²) in [4.78, 5) is 0. The van der Waals surface area contributed by atoms with Crippen LogP contribution in [0.25, 0.3) is 0 Å². The number of rotatable bonds is 7. The van der Waals surface area contributed by atoms with Gasteiger partial charge in [0.25, 0.3) is 0 Å². The standard InChI is InChI=1S/C11H22N/c1-5-8-11-12(4,9-6-2)10-7-3/h5-6H,1-2,7-11H2,3-4H3/q+1. The molecule has 0 aliphatic rings. The summed E-state index contributed by atoms with van der Waals surface area (Å²) in [6.07, 6.45) is 6.35. The van der Waals surface area contributed by atoms with Crippen molar-refractivity contribution in [2.45, 2.75) is 19.8 Å². The molecule has 0 amide bonds. The van der Waals surface area contributed by atoms with Crippen LogP contribution < -0.4 is 0 Å². The molecule has 0 saturated heterocycles. The summed E-state index contributed by atoms with van der Waals surface area (Å²) in [6, 6.07) is 0. The Hall–Kier alpha value is -0.560. The van der Waals surface area contributed by atoms with Crippen LogP contribution >= 0.6 is 0 Å². The van der Waals surface area contributed by atoms with Gasteiger partial charge in [0.05, 0.1) is 26.7 Å². The number of nitrogens with zero attached hydrogens (tertiary/aromatic N) is 1. The normalized spacial score (nSPS) is 15.2. The zero-order valence-electron chi connectivity index (χ0n) is 8.55. The monoisotopic (exact) mass is 168 g/mol. The molecule has 0 aliphatic carbocycles. The van der Waals surface area contributed by atoms with Crippen LogP contribution in [-0.2, 0) is 0 Å². The molecule has 0 N–H and O–H groups in total. The van der Waals surface area contributed by atoms with Crippen molar-refractivity contribution >= 4 is 0 Å². The van der Waals surface area contributed by atoms with E-state index in [9.17, 15) is 0 Å². The molecule has 0 saturated carbocycles. The van der Waals surface area contributed by atoms with Gasteiger partial charge in [0.2, 0.25) is 0 Å². The third kappa shape index (κ3) is 4.35. The first-order valence-electron chi connectivity index (χ1n) is 4.74. The largest absolute Gasteiger partial charge is 0.323 e. The molecule has 0 aromatic carbocycles. The summed E-state index contributed by atoms with van der Waals surface area (Å²) >= 11 is 0. The lowest BCUT2D eigenvalue weighted by Gasteiger charge is -2.32. The van der Waals surface area contributed by atoms with Gasteiger partial charge in [-0.2, -0.15) is 0 Å². The van der Waals surface area contributed by atoms with E-state index < -0.39 is 0 Å². The van der Waals surface area contributed by atoms with Crippen LogP contribution in [0.4, 0.5) is 0 Å². The van der Waals surface area contributed by atoms with Crippen molar-refractivity contribution in [2.75, 3.05) is 26.7 Å². The molecule has 0 heterocycles. The van der Waals surface area contributed by atoms with Crippen molar-refractivity contribution in [1.29, 1.82) is 0 Å². The van der Waals surface area contributed by atoms with Crippen LogP contribution in [0.3, 0.4) is 0 Å². The van der Waals surface area contributed by atoms with Crippen molar-refractivity contribution in [3.8, 4) is 0 Å². The molecular formula is C11H22N+. The second-order valence-electron chi connectivity index (χ2n) is 3.62. The predicted molar refractivity (Wildman–Crippen MR) is 56.1 cm³/mol. The average Bonchev–Trinajstić information content (AvgIpc) is 2.02. The van der Waals surface area contributed by atoms with Crippen molar-refractivity contribution in [3.05, 3.63) is 25.3 Å². The van der Waals surface area contributed by atoms with Crippen LogP contribution in [0.15, 0.2) is 25.3 Å². The molecule has 1 unspecified atom stereocenters. The summed E-state index contributed by atoms with van der Waals surface area (Å²) in [6.45, 7) is 13.3. The Balaban J connectivity index is 3.96. The highest BCUT2D eigenvalue weighted by atomic mass is 15.3. The predicted octanol–water partition coefficient (Wildman–Crippen LogP) is 2.61. The molecule has 1 nitrogen and oxygen atoms in total. The van der Waals surface area contributed by atoms with E-state index in [1.807, 2.05) is 12.2 Å². The molecule has 0 spiro atoms. The Morgan fingerprint density at radius 1 is 1.17 bits per heavy atom. The SMILES string of the molecule is C=CCC[N+](C)(CC=C)CCC. The molecule has 0 radical (unpaired) electrons. The van der Waals surface area contributed by atoms with E-state index >= 15 is 0 Å². The molecule has 0 aliphatic heterocycles. The van der Waals surface area contributed by atoms with Crippen LogP contribution in [0.1, 0.15) is 19.8 Å². The summed E-state index contributed by atoms with van der Waals surface area (Å²) in [7, 11) is 2.29. The molecule has 1 atom stereocenters. The second kappa shape index (κ2) is 6.01. The molecule has 0 bridgehead atoms. The van der Waals surface area contributed by atoms with Gasteiger partial charge in [-0.15, -0.1) is 6.58 Å². The number of likely N-dealkylation sites (N-methyl/N-ethyl adjacent to an activating group) is 1. The second-order valence-corrected chi connectivity index (χ2v) is 3.62. The van der Waals surface area contributed by atoms with Gasteiger partial charge in [0, 0.05) is 6.42 Å². The zero-order valence-corrected chi connectivity index (χ0v) is 8.55. The minimum absolute atomic E-state index is 1.07. The third-order valence-corrected chi connectivity index (χ3v) is 2.21. The minimum atomic E-state index is 1.07. The Bertz CT molecular complexity index is 140. The van der Waals surface area contributed by atoms with Crippen molar-refractivity contribution in [1.82, 2.24) is 0 Å². The minimum Gasteiger partial charge on any atom is -0.323 e. The fourth-order valence-electron chi connectivity index (χ4n) is 1.55. The lowest BCUT2D eigenvalue weighted by molar-refractivity contribution is -0.903. The van der Waals surface area contributed by atoms with Gasteiger partial charge in [-0.05, 0) is 12.5 Å². The zero-order chi connectivity index (χ0) is 9.45. The fraction of sp³-hybridized carbons (Fsp3) is 0.636. The first kappa shape index (κ1) is 11.4. The van der Waals surface area contributed by atoms with Crippen LogP contribution in [0, 0.1) is 0 Å². The van der Waals surface area contributed by atoms with E-state index in [2.05, 4.69) is 27.1 Å². The molecule has 0 rings (SSSR count). The Morgan fingerprint density at radius 3 is 2.25 bits per heavy atom. The van der Waals surface area contributed by atoms with E-state index in [0.717, 1.165) is 17.4 Å². The quantitative estimate of drug-likeness (QED) is 0.405. The Morgan fingerprint density at radius 2 is 1.83 bits per heavy atom. The highest BCUT2D eigenvalue weighted by molar-refractivity contribution is 4.69. The van der Waals surface area contributed by atoms with Gasteiger partial charge in [-0.25, -0.2) is 0 Å². The number of hydrogen-bond acceptors (Lipinski definition) is 0. The van der Waals surface area contributed by atoms with Crippen LogP contribution in [0.2, 0.25) is 0 Å². The molecule has 70 valence electrons. The smallest absolute Gasteiger partial charge is 0.0969 e. The van der Waals surface area contributed by atoms with E-state index in [4.69, 9.17) is 0 Å². The molecule has 12 heavy (non-hydrogen) atoms. The third-order valence-electron chi connectivity index (χ3n) is 2.21. The number of quaternary nitrogens is 1. The Labute approximate surface area is 77.0 Å². The lowest BCUT2D eigenvalue weighted by atomic mass is 10.3. The van der Waals surface area contributed by atoms with Crippen molar-refractivity contribution in [3.63, 3.8) is 0 Å². The van der Waals surface area contributed by atoms with Gasteiger partial charge >= 0.3 is 0 Å². The fourth-order valence-corrected chi connectivity index (χ4v) is 1.55. The summed E-state index contributed by atoms with van der Waals surface area (Å²) in [5.41, 5.74) is 0. The topological polar surface area (TPSA) is 0 Å². The van der Waals surface area contributed by atoms with Crippen molar-refractivity contribution in [2.24, 2.45) is 0 Å². The van der Waals surface area contributed by atoms with Gasteiger partial charge in [-0.1, -0.05) is 19.6 Å². The van der Waals surface area contributed by atoms with E-state index in [1.54, 1.807) is 0 Å². The highest BCUT2D eigenvalue weighted by Crippen LogP contribution is 2.05. The Kier molecular flexibility index (Phi) is 5.73. The number of hydrogen-bond donors (Lipinski definition) is 0. The van der Waals surface area contributed by atoms with Crippen LogP contribution in [-0.4, -0.2) is 31.2 Å². The van der Waals surface area contributed by atoms with Crippen LogP contribution in [0.5, 0.6) is 0 Å². The molecule has 0 aromatic rings. The maximum Gasteiger partial charge on any atom is 0.0969 e. The maximum absolute atomic E-state index is 3.79. The maximum atomic E-state index is 3.79. The molecule has 0 aromatic heterocycles. The highest BCUT2D eigenvalue weighted by Gasteiger charge is 2.16. The van der Waals surface area contributed by atoms with Crippen molar-refractivity contribution < 1.29 is 4.48 Å². The van der Waals surface area contributed by atoms with E-state index in [0.29, 0.717) is 0 Å². The van der Waals surface area contributed by atoms with Gasteiger partial charge in [-0.3, -0.25) is 0 Å².